The molecule has 3 heterocycles. The molecule has 4 N–H and O–H groups in total. The largest absolute Gasteiger partial charge is 0.481 e. The van der Waals surface area contributed by atoms with Crippen LogP contribution in [-0.4, -0.2) is 55.8 Å². The third-order valence-electron chi connectivity index (χ3n) is 4.82. The second-order valence-electron chi connectivity index (χ2n) is 7.07. The second-order valence-corrected chi connectivity index (χ2v) is 7.07. The van der Waals surface area contributed by atoms with Gasteiger partial charge in [0, 0.05) is 24.7 Å². The molecule has 0 bridgehead atoms. The highest BCUT2D eigenvalue weighted by Crippen LogP contribution is 2.31. The lowest BCUT2D eigenvalue weighted by molar-refractivity contribution is -0.144. The molecule has 0 amide bonds. The number of tetrazole rings is 1. The van der Waals surface area contributed by atoms with E-state index in [4.69, 9.17) is 0 Å². The molecule has 2 aromatic rings. The Morgan fingerprint density at radius 2 is 2.27 bits per heavy atom. The summed E-state index contributed by atoms with van der Waals surface area (Å²) in [6.07, 6.45) is 3.36. The minimum atomic E-state index is -0.852. The van der Waals surface area contributed by atoms with Crippen LogP contribution in [0.4, 0.5) is 5.82 Å². The van der Waals surface area contributed by atoms with Gasteiger partial charge in [0.2, 0.25) is 0 Å². The third kappa shape index (κ3) is 4.34. The Labute approximate surface area is 152 Å². The van der Waals surface area contributed by atoms with E-state index in [0.717, 1.165) is 30.9 Å². The summed E-state index contributed by atoms with van der Waals surface area (Å²) in [5, 5.41) is 30.5. The number of anilines is 1. The van der Waals surface area contributed by atoms with Gasteiger partial charge in [0.25, 0.3) is 0 Å². The van der Waals surface area contributed by atoms with Gasteiger partial charge in [-0.05, 0) is 36.9 Å². The first-order valence-electron chi connectivity index (χ1n) is 8.93. The molecule has 9 heteroatoms. The number of aromatic nitrogens is 5. The molecule has 0 aromatic carbocycles. The van der Waals surface area contributed by atoms with Gasteiger partial charge in [-0.2, -0.15) is 5.21 Å². The normalized spacial score (nSPS) is 19.4. The fourth-order valence-electron chi connectivity index (χ4n) is 3.50. The van der Waals surface area contributed by atoms with Crippen molar-refractivity contribution in [3.63, 3.8) is 0 Å². The lowest BCUT2D eigenvalue weighted by Gasteiger charge is -2.24. The fourth-order valence-corrected chi connectivity index (χ4v) is 3.50. The summed E-state index contributed by atoms with van der Waals surface area (Å²) in [7, 11) is 0. The van der Waals surface area contributed by atoms with Crippen molar-refractivity contribution in [2.24, 2.45) is 11.8 Å². The summed E-state index contributed by atoms with van der Waals surface area (Å²) >= 11 is 0. The molecule has 0 spiro atoms. The number of H-pyrrole nitrogens is 1. The summed E-state index contributed by atoms with van der Waals surface area (Å²) in [5.41, 5.74) is 0.946. The molecule has 3 rings (SSSR count). The molecule has 0 saturated carbocycles. The molecule has 0 radical (unpaired) electrons. The molecule has 1 aliphatic rings. The van der Waals surface area contributed by atoms with Crippen LogP contribution in [0.25, 0.3) is 0 Å². The molecule has 1 fully saturated rings. The number of hydrogen-bond acceptors (Lipinski definition) is 7. The lowest BCUT2D eigenvalue weighted by Crippen LogP contribution is -2.29. The zero-order valence-corrected chi connectivity index (χ0v) is 15.0. The Hall–Kier alpha value is -2.55. The predicted octanol–water partition coefficient (Wildman–Crippen LogP) is 1.05. The van der Waals surface area contributed by atoms with E-state index in [-0.39, 0.29) is 11.8 Å². The maximum absolute atomic E-state index is 11.8. The molecule has 3 atom stereocenters. The molecular formula is C17H25N7O2. The summed E-state index contributed by atoms with van der Waals surface area (Å²) in [4.78, 5) is 16.3. The van der Waals surface area contributed by atoms with Crippen molar-refractivity contribution in [3.05, 3.63) is 29.7 Å². The number of carboxylic acids is 1. The van der Waals surface area contributed by atoms with E-state index in [9.17, 15) is 9.90 Å². The number of pyridine rings is 1. The Morgan fingerprint density at radius 1 is 1.42 bits per heavy atom. The first-order valence-corrected chi connectivity index (χ1v) is 8.93. The molecule has 0 aliphatic carbocycles. The summed E-state index contributed by atoms with van der Waals surface area (Å²) in [6.45, 7) is 5.76. The number of nitrogens with zero attached hydrogens (tertiary/aromatic N) is 4. The highest BCUT2D eigenvalue weighted by atomic mass is 16.4. The zero-order valence-electron chi connectivity index (χ0n) is 15.0. The lowest BCUT2D eigenvalue weighted by atomic mass is 9.79. The zero-order chi connectivity index (χ0) is 18.5. The maximum atomic E-state index is 11.8. The molecule has 1 aliphatic heterocycles. The number of carbonyl (C=O) groups is 1. The van der Waals surface area contributed by atoms with Gasteiger partial charge in [-0.3, -0.25) is 4.79 Å². The van der Waals surface area contributed by atoms with Gasteiger partial charge in [-0.1, -0.05) is 25.1 Å². The van der Waals surface area contributed by atoms with Crippen molar-refractivity contribution < 1.29 is 9.90 Å². The van der Waals surface area contributed by atoms with E-state index in [1.807, 2.05) is 26.0 Å². The fraction of sp³-hybridized carbons (Fsp3) is 0.588. The van der Waals surface area contributed by atoms with Gasteiger partial charge in [-0.15, -0.1) is 10.2 Å². The molecule has 1 saturated heterocycles. The van der Waals surface area contributed by atoms with Gasteiger partial charge in [0.15, 0.2) is 5.82 Å². The van der Waals surface area contributed by atoms with Crippen LogP contribution in [0.5, 0.6) is 0 Å². The van der Waals surface area contributed by atoms with Crippen molar-refractivity contribution in [2.45, 2.75) is 38.6 Å². The Kier molecular flexibility index (Phi) is 5.77. The standard InChI is InChI=1S/C17H25N7O2/c1-10(2)15(17(25)26)13(16-21-23-24-22-16)7-11-3-4-14(19-8-11)20-12-5-6-18-9-12/h3-4,8,10,12-13,15,18H,5-7,9H2,1-2H3,(H,19,20)(H,25,26)(H,21,22,23,24). The van der Waals surface area contributed by atoms with Gasteiger partial charge in [0.05, 0.1) is 5.92 Å². The van der Waals surface area contributed by atoms with Crippen molar-refractivity contribution >= 4 is 11.8 Å². The number of hydrogen-bond donors (Lipinski definition) is 4. The summed E-state index contributed by atoms with van der Waals surface area (Å²) in [5.74, 6) is -0.627. The van der Waals surface area contributed by atoms with Gasteiger partial charge >= 0.3 is 5.97 Å². The van der Waals surface area contributed by atoms with Crippen molar-refractivity contribution in [1.29, 1.82) is 0 Å². The van der Waals surface area contributed by atoms with E-state index in [1.54, 1.807) is 6.20 Å². The Morgan fingerprint density at radius 3 is 2.81 bits per heavy atom. The number of aliphatic carboxylic acids is 1. The van der Waals surface area contributed by atoms with E-state index in [1.165, 1.54) is 0 Å². The summed E-state index contributed by atoms with van der Waals surface area (Å²) in [6, 6.07) is 4.31. The smallest absolute Gasteiger partial charge is 0.307 e. The van der Waals surface area contributed by atoms with Gasteiger partial charge in [-0.25, -0.2) is 4.98 Å². The predicted molar refractivity (Wildman–Crippen MR) is 95.7 cm³/mol. The van der Waals surface area contributed by atoms with E-state index in [2.05, 4.69) is 36.2 Å². The highest BCUT2D eigenvalue weighted by Gasteiger charge is 2.35. The van der Waals surface area contributed by atoms with Crippen LogP contribution in [0.2, 0.25) is 0 Å². The van der Waals surface area contributed by atoms with Crippen molar-refractivity contribution in [3.8, 4) is 0 Å². The van der Waals surface area contributed by atoms with Crippen LogP contribution < -0.4 is 10.6 Å². The summed E-state index contributed by atoms with van der Waals surface area (Å²) < 4.78 is 0. The monoisotopic (exact) mass is 359 g/mol. The number of rotatable bonds is 8. The molecule has 9 nitrogen and oxygen atoms in total. The van der Waals surface area contributed by atoms with Gasteiger partial charge < -0.3 is 15.7 Å². The first kappa shape index (κ1) is 18.2. The second kappa shape index (κ2) is 8.22. The van der Waals surface area contributed by atoms with Crippen molar-refractivity contribution in [1.82, 2.24) is 30.9 Å². The minimum absolute atomic E-state index is 0.0558. The molecule has 140 valence electrons. The maximum Gasteiger partial charge on any atom is 0.307 e. The van der Waals surface area contributed by atoms with E-state index < -0.39 is 11.9 Å². The van der Waals surface area contributed by atoms with Crippen molar-refractivity contribution in [2.75, 3.05) is 18.4 Å². The first-order chi connectivity index (χ1) is 12.5. The topological polar surface area (TPSA) is 129 Å². The highest BCUT2D eigenvalue weighted by molar-refractivity contribution is 5.71. The van der Waals surface area contributed by atoms with E-state index in [0.29, 0.717) is 18.3 Å². The number of aromatic amines is 1. The van der Waals surface area contributed by atoms with Crippen LogP contribution in [0.15, 0.2) is 18.3 Å². The SMILES string of the molecule is CC(C)C(C(=O)O)C(Cc1ccc(NC2CCNC2)nc1)c1nn[nH]n1. The molecular weight excluding hydrogens is 334 g/mol. The quantitative estimate of drug-likeness (QED) is 0.550. The average molecular weight is 359 g/mol. The number of carboxylic acid groups (broad SMARTS) is 1. The third-order valence-corrected chi connectivity index (χ3v) is 4.82. The van der Waals surface area contributed by atoms with Gasteiger partial charge in [0.1, 0.15) is 5.82 Å². The van der Waals surface area contributed by atoms with Crippen LogP contribution in [-0.2, 0) is 11.2 Å². The Balaban J connectivity index is 1.75. The minimum Gasteiger partial charge on any atom is -0.481 e. The molecule has 2 aromatic heterocycles. The van der Waals surface area contributed by atoms with E-state index >= 15 is 0 Å². The Bertz CT molecular complexity index is 696. The van der Waals surface area contributed by atoms with Crippen LogP contribution in [0.3, 0.4) is 0 Å². The molecule has 3 unspecified atom stereocenters. The van der Waals surface area contributed by atoms with Crippen LogP contribution in [0.1, 0.15) is 37.6 Å². The number of nitrogens with one attached hydrogen (secondary N) is 3. The average Bonchev–Trinajstić information content (AvgIpc) is 3.28. The molecule has 26 heavy (non-hydrogen) atoms. The van der Waals surface area contributed by atoms with Crippen LogP contribution in [0, 0.1) is 11.8 Å². The van der Waals surface area contributed by atoms with Crippen LogP contribution >= 0.6 is 0 Å².